The first-order chi connectivity index (χ1) is 15.4. The molecule has 1 amide bonds. The van der Waals surface area contributed by atoms with Gasteiger partial charge in [0, 0.05) is 18.7 Å². The summed E-state index contributed by atoms with van der Waals surface area (Å²) in [4.78, 5) is 13.0. The van der Waals surface area contributed by atoms with E-state index in [1.54, 1.807) is 12.1 Å². The van der Waals surface area contributed by atoms with Gasteiger partial charge in [0.05, 0.1) is 19.8 Å². The molecule has 1 saturated heterocycles. The minimum atomic E-state index is -3.76. The standard InChI is InChI=1S/C24H32N2O5S/c1-4-31-21-12-9-19(10-13-21)18(2)25-24(27)20-11-14-22(30-3)23(17-20)32(28,29)26-15-7-5-6-8-16-26/h9-14,17-18H,4-8,15-16H2,1-3H3,(H,25,27). The molecule has 3 rings (SSSR count). The van der Waals surface area contributed by atoms with Crippen LogP contribution in [-0.4, -0.2) is 45.4 Å². The molecule has 1 N–H and O–H groups in total. The molecule has 2 aromatic rings. The van der Waals surface area contributed by atoms with Gasteiger partial charge in [-0.3, -0.25) is 4.79 Å². The molecule has 7 nitrogen and oxygen atoms in total. The molecule has 0 saturated carbocycles. The minimum Gasteiger partial charge on any atom is -0.495 e. The molecule has 1 aliphatic heterocycles. The van der Waals surface area contributed by atoms with Gasteiger partial charge < -0.3 is 14.8 Å². The SMILES string of the molecule is CCOc1ccc(C(C)NC(=O)c2ccc(OC)c(S(=O)(=O)N3CCCCCC3)c2)cc1. The molecule has 32 heavy (non-hydrogen) atoms. The van der Waals surface area contributed by atoms with Crippen molar-refractivity contribution in [2.24, 2.45) is 0 Å². The molecule has 1 fully saturated rings. The van der Waals surface area contributed by atoms with Crippen molar-refractivity contribution in [1.29, 1.82) is 0 Å². The van der Waals surface area contributed by atoms with Gasteiger partial charge in [0.25, 0.3) is 5.91 Å². The van der Waals surface area contributed by atoms with E-state index in [9.17, 15) is 13.2 Å². The van der Waals surface area contributed by atoms with Gasteiger partial charge in [-0.1, -0.05) is 25.0 Å². The van der Waals surface area contributed by atoms with Crippen LogP contribution in [0, 0.1) is 0 Å². The van der Waals surface area contributed by atoms with Crippen LogP contribution >= 0.6 is 0 Å². The lowest BCUT2D eigenvalue weighted by atomic mass is 10.1. The van der Waals surface area contributed by atoms with Gasteiger partial charge in [-0.25, -0.2) is 8.42 Å². The van der Waals surface area contributed by atoms with Crippen LogP contribution in [0.1, 0.15) is 61.5 Å². The highest BCUT2D eigenvalue weighted by Crippen LogP contribution is 2.29. The summed E-state index contributed by atoms with van der Waals surface area (Å²) in [5.74, 6) is 0.667. The molecule has 2 aromatic carbocycles. The maximum absolute atomic E-state index is 13.3. The molecule has 1 atom stereocenters. The number of carbonyl (C=O) groups excluding carboxylic acids is 1. The van der Waals surface area contributed by atoms with Gasteiger partial charge in [0.2, 0.25) is 10.0 Å². The van der Waals surface area contributed by atoms with Crippen molar-refractivity contribution in [2.75, 3.05) is 26.8 Å². The Morgan fingerprint density at radius 2 is 1.72 bits per heavy atom. The first-order valence-corrected chi connectivity index (χ1v) is 12.5. The first-order valence-electron chi connectivity index (χ1n) is 11.1. The number of nitrogens with zero attached hydrogens (tertiary/aromatic N) is 1. The van der Waals surface area contributed by atoms with Gasteiger partial charge in [-0.15, -0.1) is 0 Å². The van der Waals surface area contributed by atoms with Gasteiger partial charge in [-0.05, 0) is 62.6 Å². The van der Waals surface area contributed by atoms with E-state index in [0.717, 1.165) is 37.0 Å². The number of amides is 1. The van der Waals surface area contributed by atoms with Crippen molar-refractivity contribution in [3.05, 3.63) is 53.6 Å². The normalized spacial score (nSPS) is 16.1. The van der Waals surface area contributed by atoms with Crippen LogP contribution in [0.5, 0.6) is 11.5 Å². The topological polar surface area (TPSA) is 84.9 Å². The molecule has 1 unspecified atom stereocenters. The summed E-state index contributed by atoms with van der Waals surface area (Å²) < 4.78 is 38.9. The van der Waals surface area contributed by atoms with Crippen LogP contribution in [0.4, 0.5) is 0 Å². The molecular formula is C24H32N2O5S. The van der Waals surface area contributed by atoms with Gasteiger partial charge >= 0.3 is 0 Å². The minimum absolute atomic E-state index is 0.0308. The van der Waals surface area contributed by atoms with Crippen LogP contribution in [0.3, 0.4) is 0 Å². The molecular weight excluding hydrogens is 428 g/mol. The number of benzene rings is 2. The van der Waals surface area contributed by atoms with Crippen LogP contribution in [0.25, 0.3) is 0 Å². The average molecular weight is 461 g/mol. The third-order valence-electron chi connectivity index (χ3n) is 5.65. The lowest BCUT2D eigenvalue weighted by Crippen LogP contribution is -2.32. The molecule has 0 bridgehead atoms. The second-order valence-electron chi connectivity index (χ2n) is 7.88. The maximum Gasteiger partial charge on any atom is 0.251 e. The van der Waals surface area contributed by atoms with Gasteiger partial charge in [0.1, 0.15) is 16.4 Å². The number of sulfonamides is 1. The quantitative estimate of drug-likeness (QED) is 0.640. The molecule has 0 spiro atoms. The molecule has 174 valence electrons. The number of hydrogen-bond donors (Lipinski definition) is 1. The van der Waals surface area contributed by atoms with E-state index in [1.165, 1.54) is 17.5 Å². The lowest BCUT2D eigenvalue weighted by Gasteiger charge is -2.22. The number of carbonyl (C=O) groups is 1. The summed E-state index contributed by atoms with van der Waals surface area (Å²) in [5, 5.41) is 2.94. The second-order valence-corrected chi connectivity index (χ2v) is 9.79. The fourth-order valence-corrected chi connectivity index (χ4v) is 5.52. The van der Waals surface area contributed by atoms with Crippen LogP contribution < -0.4 is 14.8 Å². The largest absolute Gasteiger partial charge is 0.495 e. The monoisotopic (exact) mass is 460 g/mol. The average Bonchev–Trinajstić information content (AvgIpc) is 3.09. The molecule has 8 heteroatoms. The summed E-state index contributed by atoms with van der Waals surface area (Å²) in [6, 6.07) is 11.8. The van der Waals surface area contributed by atoms with Crippen LogP contribution in [0.2, 0.25) is 0 Å². The molecule has 0 aromatic heterocycles. The summed E-state index contributed by atoms with van der Waals surface area (Å²) >= 11 is 0. The van der Waals surface area contributed by atoms with Crippen molar-refractivity contribution in [3.63, 3.8) is 0 Å². The van der Waals surface area contributed by atoms with Crippen molar-refractivity contribution in [3.8, 4) is 11.5 Å². The van der Waals surface area contributed by atoms with E-state index in [0.29, 0.717) is 19.7 Å². The molecule has 0 radical (unpaired) electrons. The molecule has 1 heterocycles. The zero-order valence-electron chi connectivity index (χ0n) is 19.0. The van der Waals surface area contributed by atoms with Crippen LogP contribution in [0.15, 0.2) is 47.4 Å². The number of methoxy groups -OCH3 is 1. The number of ether oxygens (including phenoxy) is 2. The van der Waals surface area contributed by atoms with Gasteiger partial charge in [-0.2, -0.15) is 4.31 Å². The Kier molecular flexibility index (Phi) is 8.15. The fourth-order valence-electron chi connectivity index (χ4n) is 3.82. The Balaban J connectivity index is 1.81. The number of nitrogens with one attached hydrogen (secondary N) is 1. The second kappa shape index (κ2) is 10.8. The predicted octanol–water partition coefficient (Wildman–Crippen LogP) is 4.15. The Labute approximate surface area is 190 Å². The fraction of sp³-hybridized carbons (Fsp3) is 0.458. The van der Waals surface area contributed by atoms with E-state index < -0.39 is 10.0 Å². The van der Waals surface area contributed by atoms with Crippen LogP contribution in [-0.2, 0) is 10.0 Å². The highest BCUT2D eigenvalue weighted by atomic mass is 32.2. The van der Waals surface area contributed by atoms with E-state index in [1.807, 2.05) is 38.1 Å². The van der Waals surface area contributed by atoms with Crippen molar-refractivity contribution in [1.82, 2.24) is 9.62 Å². The Hall–Kier alpha value is -2.58. The summed E-state index contributed by atoms with van der Waals surface area (Å²) in [5.41, 5.74) is 1.20. The Morgan fingerprint density at radius 3 is 2.31 bits per heavy atom. The highest BCUT2D eigenvalue weighted by Gasteiger charge is 2.29. The van der Waals surface area contributed by atoms with E-state index in [-0.39, 0.29) is 28.2 Å². The van der Waals surface area contributed by atoms with E-state index >= 15 is 0 Å². The molecule has 1 aliphatic rings. The first kappa shape index (κ1) is 24.1. The summed E-state index contributed by atoms with van der Waals surface area (Å²) in [6.45, 7) is 5.36. The van der Waals surface area contributed by atoms with E-state index in [4.69, 9.17) is 9.47 Å². The third-order valence-corrected chi connectivity index (χ3v) is 7.57. The Morgan fingerprint density at radius 1 is 1.06 bits per heavy atom. The highest BCUT2D eigenvalue weighted by molar-refractivity contribution is 7.89. The lowest BCUT2D eigenvalue weighted by molar-refractivity contribution is 0.0939. The zero-order valence-corrected chi connectivity index (χ0v) is 19.8. The van der Waals surface area contributed by atoms with E-state index in [2.05, 4.69) is 5.32 Å². The maximum atomic E-state index is 13.3. The van der Waals surface area contributed by atoms with Crippen molar-refractivity contribution in [2.45, 2.75) is 50.5 Å². The predicted molar refractivity (Wildman–Crippen MR) is 124 cm³/mol. The third kappa shape index (κ3) is 5.61. The zero-order chi connectivity index (χ0) is 23.1. The van der Waals surface area contributed by atoms with Crippen molar-refractivity contribution < 1.29 is 22.7 Å². The summed E-state index contributed by atoms with van der Waals surface area (Å²) in [6.07, 6.45) is 3.72. The number of hydrogen-bond acceptors (Lipinski definition) is 5. The van der Waals surface area contributed by atoms with Crippen molar-refractivity contribution >= 4 is 15.9 Å². The smallest absolute Gasteiger partial charge is 0.251 e. The Bertz CT molecular complexity index is 1010. The molecule has 0 aliphatic carbocycles. The van der Waals surface area contributed by atoms with Gasteiger partial charge in [0.15, 0.2) is 0 Å². The summed E-state index contributed by atoms with van der Waals surface area (Å²) in [7, 11) is -2.33. The number of rotatable bonds is 8.